The maximum atomic E-state index is 12.9. The van der Waals surface area contributed by atoms with Gasteiger partial charge in [-0.25, -0.2) is 8.42 Å². The lowest BCUT2D eigenvalue weighted by molar-refractivity contribution is -0.118. The standard InChI is InChI=1S/C26H30N2O4S/c1-4-20(2)24-12-8-9-13-25(24)32-19-26(29)27-22-14-16-23(17-15-22)33(30,31)28(3)18-21-10-6-5-7-11-21/h5-17,20H,4,18-19H2,1-3H3,(H,27,29). The first-order valence-corrected chi connectivity index (χ1v) is 12.4. The molecule has 0 aliphatic heterocycles. The Morgan fingerprint density at radius 1 is 0.970 bits per heavy atom. The Morgan fingerprint density at radius 3 is 2.27 bits per heavy atom. The lowest BCUT2D eigenvalue weighted by atomic mass is 9.98. The summed E-state index contributed by atoms with van der Waals surface area (Å²) in [7, 11) is -2.10. The maximum absolute atomic E-state index is 12.9. The van der Waals surface area contributed by atoms with Crippen molar-refractivity contribution in [2.75, 3.05) is 19.0 Å². The van der Waals surface area contributed by atoms with Gasteiger partial charge in [0, 0.05) is 19.3 Å². The number of carbonyl (C=O) groups is 1. The van der Waals surface area contributed by atoms with Gasteiger partial charge in [-0.2, -0.15) is 4.31 Å². The number of nitrogens with one attached hydrogen (secondary N) is 1. The summed E-state index contributed by atoms with van der Waals surface area (Å²) in [6, 6.07) is 23.3. The number of hydrogen-bond donors (Lipinski definition) is 1. The number of sulfonamides is 1. The van der Waals surface area contributed by atoms with Crippen LogP contribution in [0.4, 0.5) is 5.69 Å². The maximum Gasteiger partial charge on any atom is 0.262 e. The normalized spacial score (nSPS) is 12.4. The number of hydrogen-bond acceptors (Lipinski definition) is 4. The number of nitrogens with zero attached hydrogens (tertiary/aromatic N) is 1. The monoisotopic (exact) mass is 466 g/mol. The molecule has 6 nitrogen and oxygen atoms in total. The van der Waals surface area contributed by atoms with E-state index in [0.29, 0.717) is 17.4 Å². The molecule has 7 heteroatoms. The van der Waals surface area contributed by atoms with Crippen LogP contribution in [0.2, 0.25) is 0 Å². The van der Waals surface area contributed by atoms with Crippen molar-refractivity contribution in [3.05, 3.63) is 90.0 Å². The quantitative estimate of drug-likeness (QED) is 0.454. The van der Waals surface area contributed by atoms with E-state index in [4.69, 9.17) is 4.74 Å². The van der Waals surface area contributed by atoms with E-state index in [1.54, 1.807) is 19.2 Å². The molecular formula is C26H30N2O4S. The van der Waals surface area contributed by atoms with Gasteiger partial charge in [0.2, 0.25) is 10.0 Å². The van der Waals surface area contributed by atoms with Crippen LogP contribution in [0.3, 0.4) is 0 Å². The molecule has 0 aromatic heterocycles. The molecule has 1 unspecified atom stereocenters. The largest absolute Gasteiger partial charge is 0.483 e. The van der Waals surface area contributed by atoms with Crippen LogP contribution in [0.1, 0.15) is 37.3 Å². The first-order chi connectivity index (χ1) is 15.8. The summed E-state index contributed by atoms with van der Waals surface area (Å²) < 4.78 is 32.8. The Hall–Kier alpha value is -3.16. The highest BCUT2D eigenvalue weighted by atomic mass is 32.2. The Bertz CT molecular complexity index is 1160. The topological polar surface area (TPSA) is 75.7 Å². The molecule has 0 heterocycles. The molecule has 0 fully saturated rings. The number of amides is 1. The predicted octanol–water partition coefficient (Wildman–Crippen LogP) is 5.04. The van der Waals surface area contributed by atoms with E-state index in [2.05, 4.69) is 19.2 Å². The van der Waals surface area contributed by atoms with Crippen molar-refractivity contribution in [3.63, 3.8) is 0 Å². The van der Waals surface area contributed by atoms with E-state index in [9.17, 15) is 13.2 Å². The Labute approximate surface area is 196 Å². The van der Waals surface area contributed by atoms with Crippen LogP contribution in [0.5, 0.6) is 5.75 Å². The minimum absolute atomic E-state index is 0.132. The number of anilines is 1. The molecule has 0 spiro atoms. The smallest absolute Gasteiger partial charge is 0.262 e. The fraction of sp³-hybridized carbons (Fsp3) is 0.269. The fourth-order valence-corrected chi connectivity index (χ4v) is 4.55. The molecular weight excluding hydrogens is 436 g/mol. The van der Waals surface area contributed by atoms with Crippen LogP contribution in [-0.2, 0) is 21.4 Å². The highest BCUT2D eigenvalue weighted by molar-refractivity contribution is 7.89. The molecule has 0 saturated carbocycles. The molecule has 0 bridgehead atoms. The summed E-state index contributed by atoms with van der Waals surface area (Å²) in [6.07, 6.45) is 0.975. The van der Waals surface area contributed by atoms with Crippen molar-refractivity contribution in [2.45, 2.75) is 37.6 Å². The zero-order chi connectivity index (χ0) is 23.8. The van der Waals surface area contributed by atoms with Gasteiger partial charge in [0.25, 0.3) is 5.91 Å². The van der Waals surface area contributed by atoms with Gasteiger partial charge in [-0.3, -0.25) is 4.79 Å². The second-order valence-electron chi connectivity index (χ2n) is 7.96. The van der Waals surface area contributed by atoms with E-state index in [-0.39, 0.29) is 24.0 Å². The average Bonchev–Trinajstić information content (AvgIpc) is 2.83. The van der Waals surface area contributed by atoms with Crippen molar-refractivity contribution in [1.29, 1.82) is 0 Å². The van der Waals surface area contributed by atoms with Crippen molar-refractivity contribution in [3.8, 4) is 5.75 Å². The number of ether oxygens (including phenoxy) is 1. The summed E-state index contributed by atoms with van der Waals surface area (Å²) in [5.41, 5.74) is 2.48. The summed E-state index contributed by atoms with van der Waals surface area (Å²) in [6.45, 7) is 4.37. The molecule has 1 amide bonds. The van der Waals surface area contributed by atoms with E-state index in [1.165, 1.54) is 16.4 Å². The van der Waals surface area contributed by atoms with Crippen molar-refractivity contribution < 1.29 is 17.9 Å². The zero-order valence-electron chi connectivity index (χ0n) is 19.2. The van der Waals surface area contributed by atoms with Gasteiger partial charge in [0.15, 0.2) is 6.61 Å². The molecule has 0 radical (unpaired) electrons. The van der Waals surface area contributed by atoms with Gasteiger partial charge in [-0.1, -0.05) is 62.4 Å². The minimum atomic E-state index is -3.65. The van der Waals surface area contributed by atoms with Gasteiger partial charge in [0.1, 0.15) is 5.75 Å². The van der Waals surface area contributed by atoms with Crippen LogP contribution in [0.25, 0.3) is 0 Å². The fourth-order valence-electron chi connectivity index (χ4n) is 3.40. The van der Waals surface area contributed by atoms with Gasteiger partial charge < -0.3 is 10.1 Å². The van der Waals surface area contributed by atoms with E-state index >= 15 is 0 Å². The number of carbonyl (C=O) groups excluding carboxylic acids is 1. The van der Waals surface area contributed by atoms with Crippen molar-refractivity contribution in [1.82, 2.24) is 4.31 Å². The van der Waals surface area contributed by atoms with Crippen LogP contribution in [-0.4, -0.2) is 32.3 Å². The Kier molecular flexibility index (Phi) is 8.25. The molecule has 3 aromatic rings. The molecule has 0 aliphatic rings. The van der Waals surface area contributed by atoms with Gasteiger partial charge in [-0.15, -0.1) is 0 Å². The van der Waals surface area contributed by atoms with Crippen LogP contribution in [0.15, 0.2) is 83.8 Å². The average molecular weight is 467 g/mol. The molecule has 3 aromatic carbocycles. The predicted molar refractivity (Wildman–Crippen MR) is 131 cm³/mol. The lowest BCUT2D eigenvalue weighted by Crippen LogP contribution is -2.26. The number of benzene rings is 3. The third kappa shape index (κ3) is 6.43. The Morgan fingerprint density at radius 2 is 1.61 bits per heavy atom. The number of para-hydroxylation sites is 1. The lowest BCUT2D eigenvalue weighted by Gasteiger charge is -2.18. The summed E-state index contributed by atoms with van der Waals surface area (Å²) in [5, 5.41) is 2.75. The van der Waals surface area contributed by atoms with Crippen molar-refractivity contribution >= 4 is 21.6 Å². The van der Waals surface area contributed by atoms with Crippen molar-refractivity contribution in [2.24, 2.45) is 0 Å². The van der Waals surface area contributed by atoms with E-state index in [1.807, 2.05) is 54.6 Å². The van der Waals surface area contributed by atoms with Gasteiger partial charge in [-0.05, 0) is 53.8 Å². The van der Waals surface area contributed by atoms with Crippen LogP contribution in [0, 0.1) is 0 Å². The van der Waals surface area contributed by atoms with Gasteiger partial charge in [0.05, 0.1) is 4.90 Å². The SMILES string of the molecule is CCC(C)c1ccccc1OCC(=O)Nc1ccc(S(=O)(=O)N(C)Cc2ccccc2)cc1. The summed E-state index contributed by atoms with van der Waals surface area (Å²) in [5.74, 6) is 0.717. The summed E-state index contributed by atoms with van der Waals surface area (Å²) >= 11 is 0. The third-order valence-corrected chi connectivity index (χ3v) is 7.33. The second-order valence-corrected chi connectivity index (χ2v) is 10.00. The highest BCUT2D eigenvalue weighted by Crippen LogP contribution is 2.28. The molecule has 3 rings (SSSR count). The van der Waals surface area contributed by atoms with E-state index in [0.717, 1.165) is 17.5 Å². The summed E-state index contributed by atoms with van der Waals surface area (Å²) in [4.78, 5) is 12.5. The molecule has 33 heavy (non-hydrogen) atoms. The molecule has 174 valence electrons. The van der Waals surface area contributed by atoms with E-state index < -0.39 is 10.0 Å². The van der Waals surface area contributed by atoms with Gasteiger partial charge >= 0.3 is 0 Å². The zero-order valence-corrected chi connectivity index (χ0v) is 20.0. The first kappa shape index (κ1) is 24.5. The molecule has 1 atom stereocenters. The molecule has 0 saturated heterocycles. The Balaban J connectivity index is 1.59. The molecule has 1 N–H and O–H groups in total. The minimum Gasteiger partial charge on any atom is -0.483 e. The second kappa shape index (κ2) is 11.1. The third-order valence-electron chi connectivity index (χ3n) is 5.52. The first-order valence-electron chi connectivity index (χ1n) is 10.9. The molecule has 0 aliphatic carbocycles. The van der Waals surface area contributed by atoms with Crippen LogP contribution >= 0.6 is 0 Å². The van der Waals surface area contributed by atoms with Crippen LogP contribution < -0.4 is 10.1 Å². The highest BCUT2D eigenvalue weighted by Gasteiger charge is 2.21. The number of rotatable bonds is 10.